The standard InChI is InChI=1S/C125H80N6O2/c1-123(2)102-44-19-18-40-96(102)99-42-28-41-95(116(99)123)87-63-65-97-98-66-64-88(76-109(98)125(108(97)75-87)105-47-22-26-52-113(105)133-114-53-27-23-48-106(114)125)120-127-118(84-58-54-81(55-59-84)77-30-8-3-9-31-77)126-119(128-120)85-60-56-82(57-61-85)92-69-91(80-36-14-6-15-37-80)72-94(73-92)121-129-117(83-38-16-7-17-39-83)130-122(131-121)101-43-29-49-107-115(101)100-67-62-86(74-110(100)124(107)103-45-20-24-50-111(103)132-112-51-25-21-46-104(112)124)93-70-89(78-32-10-4-11-33-78)68-90(71-93)79-34-12-5-13-35-79/h3-76H,1-2H3. The Morgan fingerprint density at radius 3 is 0.917 bits per heavy atom. The summed E-state index contributed by atoms with van der Waals surface area (Å²) >= 11 is 0. The minimum atomic E-state index is -0.840. The highest BCUT2D eigenvalue weighted by molar-refractivity contribution is 5.99. The van der Waals surface area contributed by atoms with E-state index in [-0.39, 0.29) is 5.41 Å². The zero-order valence-corrected chi connectivity index (χ0v) is 72.7. The number of fused-ring (bicyclic) bond motifs is 21. The summed E-state index contributed by atoms with van der Waals surface area (Å²) in [5.41, 5.74) is 37.1. The van der Waals surface area contributed by atoms with Crippen LogP contribution in [-0.2, 0) is 16.2 Å². The highest BCUT2D eigenvalue weighted by atomic mass is 16.5. The Morgan fingerprint density at radius 2 is 0.429 bits per heavy atom. The maximum atomic E-state index is 6.98. The lowest BCUT2D eigenvalue weighted by Crippen LogP contribution is -2.32. The molecule has 2 aromatic heterocycles. The van der Waals surface area contributed by atoms with E-state index >= 15 is 0 Å². The maximum absolute atomic E-state index is 6.98. The van der Waals surface area contributed by atoms with Crippen molar-refractivity contribution < 1.29 is 9.47 Å². The summed E-state index contributed by atoms with van der Waals surface area (Å²) in [6.45, 7) is 4.75. The Hall–Kier alpha value is -17.2. The lowest BCUT2D eigenvalue weighted by molar-refractivity contribution is 0.436. The number of benzene rings is 19. The van der Waals surface area contributed by atoms with E-state index in [9.17, 15) is 0 Å². The molecule has 0 saturated carbocycles. The van der Waals surface area contributed by atoms with Crippen molar-refractivity contribution in [3.05, 3.63) is 505 Å². The first kappa shape index (κ1) is 77.0. The maximum Gasteiger partial charge on any atom is 0.164 e. The normalized spacial score (nSPS) is 13.5. The van der Waals surface area contributed by atoms with Gasteiger partial charge >= 0.3 is 0 Å². The second kappa shape index (κ2) is 30.5. The fourth-order valence-electron chi connectivity index (χ4n) is 22.1. The first-order valence-corrected chi connectivity index (χ1v) is 45.5. The van der Waals surface area contributed by atoms with Crippen LogP contribution in [0, 0.1) is 0 Å². The summed E-state index contributed by atoms with van der Waals surface area (Å²) in [6.07, 6.45) is 0. The van der Waals surface area contributed by atoms with Gasteiger partial charge in [0.15, 0.2) is 34.9 Å². The van der Waals surface area contributed by atoms with Crippen molar-refractivity contribution in [2.75, 3.05) is 0 Å². The average Bonchev–Trinajstić information content (AvgIpc) is 1.52. The lowest BCUT2D eigenvalue weighted by Gasteiger charge is -2.39. The van der Waals surface area contributed by atoms with E-state index in [4.69, 9.17) is 39.4 Å². The molecule has 2 aliphatic heterocycles. The third kappa shape index (κ3) is 12.3. The molecule has 622 valence electrons. The number of rotatable bonds is 13. The van der Waals surface area contributed by atoms with E-state index in [1.165, 1.54) is 38.9 Å². The fraction of sp³-hybridized carbons (Fsp3) is 0.0400. The van der Waals surface area contributed by atoms with Gasteiger partial charge in [-0.25, -0.2) is 29.9 Å². The van der Waals surface area contributed by atoms with Gasteiger partial charge in [0.1, 0.15) is 23.0 Å². The topological polar surface area (TPSA) is 95.8 Å². The van der Waals surface area contributed by atoms with Crippen LogP contribution in [0.4, 0.5) is 0 Å². The van der Waals surface area contributed by atoms with Crippen molar-refractivity contribution in [3.8, 4) is 203 Å². The second-order valence-electron chi connectivity index (χ2n) is 35.8. The molecule has 19 aromatic carbocycles. The van der Waals surface area contributed by atoms with Crippen LogP contribution in [0.3, 0.4) is 0 Å². The minimum absolute atomic E-state index is 0.233. The summed E-state index contributed by atoms with van der Waals surface area (Å²) in [7, 11) is 0. The second-order valence-corrected chi connectivity index (χ2v) is 35.8. The van der Waals surface area contributed by atoms with Crippen LogP contribution in [0.5, 0.6) is 23.0 Å². The van der Waals surface area contributed by atoms with Gasteiger partial charge < -0.3 is 9.47 Å². The van der Waals surface area contributed by atoms with Gasteiger partial charge in [-0.1, -0.05) is 384 Å². The molecule has 21 aromatic rings. The van der Waals surface area contributed by atoms with E-state index in [0.717, 1.165) is 184 Å². The molecule has 5 aliphatic rings. The third-order valence-corrected chi connectivity index (χ3v) is 28.1. The molecule has 0 atom stereocenters. The van der Waals surface area contributed by atoms with E-state index < -0.39 is 10.8 Å². The smallest absolute Gasteiger partial charge is 0.164 e. The van der Waals surface area contributed by atoms with Gasteiger partial charge in [-0.15, -0.1) is 0 Å². The van der Waals surface area contributed by atoms with Crippen LogP contribution in [0.2, 0.25) is 0 Å². The molecule has 8 heteroatoms. The number of aromatic nitrogens is 6. The Bertz CT molecular complexity index is 8170. The molecule has 2 spiro atoms. The highest BCUT2D eigenvalue weighted by Crippen LogP contribution is 2.66. The van der Waals surface area contributed by atoms with Crippen molar-refractivity contribution >= 4 is 0 Å². The summed E-state index contributed by atoms with van der Waals surface area (Å²) in [4.78, 5) is 33.5. The summed E-state index contributed by atoms with van der Waals surface area (Å²) in [5.74, 6) is 6.50. The Balaban J connectivity index is 0.620. The van der Waals surface area contributed by atoms with Gasteiger partial charge in [-0.2, -0.15) is 0 Å². The number of ether oxygens (including phenoxy) is 2. The molecule has 0 amide bonds. The van der Waals surface area contributed by atoms with Gasteiger partial charge in [0.25, 0.3) is 0 Å². The SMILES string of the molecule is CC1(C)c2ccccc2-c2cccc(-c3ccc4c(c3)C3(c5ccccc5Oc5ccccc53)c3cc(-c5nc(-c6ccc(-c7ccccc7)cc6)nc(-c6ccc(-c7cc(-c8ccccc8)cc(-c8nc(-c9ccccc9)nc(-c9cccc%10c9-c9ccc(-c%11cc(-c%12ccccc%12)cc(-c%12ccccc%12)c%11)cc9C%109c%10ccccc%10Oc%10ccccc%109)n8)c7)cc6)n5)ccc3-4)c21. The molecule has 3 aliphatic carbocycles. The quantitative estimate of drug-likeness (QED) is 0.113. The molecular weight excluding hydrogens is 1620 g/mol. The van der Waals surface area contributed by atoms with Crippen molar-refractivity contribution in [1.82, 2.24) is 29.9 Å². The first-order chi connectivity index (χ1) is 65.6. The number of nitrogens with zero attached hydrogens (tertiary/aromatic N) is 6. The summed E-state index contributed by atoms with van der Waals surface area (Å²) in [6, 6.07) is 162. The Labute approximate surface area is 771 Å². The summed E-state index contributed by atoms with van der Waals surface area (Å²) in [5, 5.41) is 0. The predicted octanol–water partition coefficient (Wildman–Crippen LogP) is 31.0. The van der Waals surface area contributed by atoms with Crippen LogP contribution < -0.4 is 9.47 Å². The number of para-hydroxylation sites is 4. The van der Waals surface area contributed by atoms with Crippen molar-refractivity contribution in [3.63, 3.8) is 0 Å². The number of hydrogen-bond acceptors (Lipinski definition) is 8. The van der Waals surface area contributed by atoms with Crippen molar-refractivity contribution in [2.24, 2.45) is 0 Å². The lowest BCUT2D eigenvalue weighted by atomic mass is 9.65. The van der Waals surface area contributed by atoms with E-state index in [1.807, 2.05) is 18.2 Å². The Morgan fingerprint density at radius 1 is 0.158 bits per heavy atom. The number of hydrogen-bond donors (Lipinski definition) is 0. The molecule has 0 fully saturated rings. The largest absolute Gasteiger partial charge is 0.457 e. The molecule has 0 saturated heterocycles. The van der Waals surface area contributed by atoms with Gasteiger partial charge in [0.2, 0.25) is 0 Å². The average molecular weight is 1700 g/mol. The van der Waals surface area contributed by atoms with Gasteiger partial charge in [-0.3, -0.25) is 0 Å². The van der Waals surface area contributed by atoms with Crippen LogP contribution >= 0.6 is 0 Å². The zero-order chi connectivity index (χ0) is 88.0. The van der Waals surface area contributed by atoms with Crippen molar-refractivity contribution in [2.45, 2.75) is 30.1 Å². The third-order valence-electron chi connectivity index (χ3n) is 28.1. The minimum Gasteiger partial charge on any atom is -0.457 e. The van der Waals surface area contributed by atoms with Gasteiger partial charge in [0.05, 0.1) is 10.8 Å². The monoisotopic (exact) mass is 1700 g/mol. The van der Waals surface area contributed by atoms with Gasteiger partial charge in [0, 0.05) is 61.0 Å². The molecule has 8 nitrogen and oxygen atoms in total. The molecule has 26 rings (SSSR count). The van der Waals surface area contributed by atoms with Crippen LogP contribution in [0.25, 0.3) is 180 Å². The van der Waals surface area contributed by atoms with Gasteiger partial charge in [-0.05, 0) is 224 Å². The van der Waals surface area contributed by atoms with Crippen LogP contribution in [-0.4, -0.2) is 29.9 Å². The fourth-order valence-corrected chi connectivity index (χ4v) is 22.1. The van der Waals surface area contributed by atoms with E-state index in [0.29, 0.717) is 34.9 Å². The first-order valence-electron chi connectivity index (χ1n) is 45.5. The molecule has 0 unspecified atom stereocenters. The van der Waals surface area contributed by atoms with E-state index in [2.05, 4.69) is 445 Å². The van der Waals surface area contributed by atoms with Crippen LogP contribution in [0.1, 0.15) is 69.5 Å². The molecule has 133 heavy (non-hydrogen) atoms. The zero-order valence-electron chi connectivity index (χ0n) is 72.7. The molecular formula is C125H80N6O2. The van der Waals surface area contributed by atoms with Crippen molar-refractivity contribution in [1.29, 1.82) is 0 Å². The summed E-state index contributed by atoms with van der Waals surface area (Å²) < 4.78 is 14.0. The Kier molecular flexibility index (Phi) is 17.7. The van der Waals surface area contributed by atoms with Crippen LogP contribution in [0.15, 0.2) is 449 Å². The molecule has 0 radical (unpaired) electrons. The molecule has 4 heterocycles. The predicted molar refractivity (Wildman–Crippen MR) is 536 cm³/mol. The van der Waals surface area contributed by atoms with E-state index in [1.54, 1.807) is 0 Å². The molecule has 0 N–H and O–H groups in total. The highest BCUT2D eigenvalue weighted by Gasteiger charge is 2.54. The molecule has 0 bridgehead atoms.